The Hall–Kier alpha value is -3.42. The molecule has 0 aliphatic heterocycles. The molecule has 5 rings (SSSR count). The number of hydrogen-bond acceptors (Lipinski definition) is 6. The molecule has 0 spiro atoms. The summed E-state index contributed by atoms with van der Waals surface area (Å²) in [6.07, 6.45) is 13.7. The molecular formula is C23H27N7O. The highest BCUT2D eigenvalue weighted by Gasteiger charge is 2.27. The van der Waals surface area contributed by atoms with E-state index in [4.69, 9.17) is 9.84 Å². The molecule has 4 aromatic rings. The maximum absolute atomic E-state index is 6.20. The maximum atomic E-state index is 6.20. The van der Waals surface area contributed by atoms with Gasteiger partial charge in [-0.05, 0) is 44.2 Å². The van der Waals surface area contributed by atoms with Gasteiger partial charge in [0.25, 0.3) is 0 Å². The fraction of sp³-hybridized carbons (Fsp3) is 0.391. The minimum absolute atomic E-state index is 0.217. The van der Waals surface area contributed by atoms with Crippen LogP contribution in [0.5, 0.6) is 5.75 Å². The number of nitrogens with one attached hydrogen (secondary N) is 1. The van der Waals surface area contributed by atoms with Crippen molar-refractivity contribution in [3.05, 3.63) is 48.7 Å². The molecule has 1 saturated carbocycles. The Kier molecular flexibility index (Phi) is 5.05. The first kappa shape index (κ1) is 19.5. The van der Waals surface area contributed by atoms with Gasteiger partial charge in [-0.25, -0.2) is 4.98 Å². The van der Waals surface area contributed by atoms with Crippen LogP contribution in [0.15, 0.2) is 43.1 Å². The van der Waals surface area contributed by atoms with Gasteiger partial charge < -0.3 is 10.1 Å². The van der Waals surface area contributed by atoms with Crippen molar-refractivity contribution in [3.63, 3.8) is 0 Å². The number of aromatic nitrogens is 6. The summed E-state index contributed by atoms with van der Waals surface area (Å²) in [5.74, 6) is 1.70. The van der Waals surface area contributed by atoms with Crippen LogP contribution in [0.25, 0.3) is 22.2 Å². The molecule has 1 N–H and O–H groups in total. The third-order valence-electron chi connectivity index (χ3n) is 5.97. The molecule has 160 valence electrons. The second kappa shape index (κ2) is 8.02. The second-order valence-electron chi connectivity index (χ2n) is 8.28. The van der Waals surface area contributed by atoms with E-state index in [1.54, 1.807) is 10.9 Å². The van der Waals surface area contributed by atoms with Gasteiger partial charge in [0, 0.05) is 49.7 Å². The smallest absolute Gasteiger partial charge is 0.138 e. The Morgan fingerprint density at radius 2 is 1.90 bits per heavy atom. The zero-order chi connectivity index (χ0) is 21.4. The number of rotatable bonds is 5. The van der Waals surface area contributed by atoms with Crippen molar-refractivity contribution in [2.75, 3.05) is 12.4 Å². The van der Waals surface area contributed by atoms with Crippen molar-refractivity contribution in [1.29, 1.82) is 0 Å². The van der Waals surface area contributed by atoms with E-state index in [1.165, 1.54) is 0 Å². The van der Waals surface area contributed by atoms with Gasteiger partial charge in [-0.2, -0.15) is 10.2 Å². The molecule has 0 radical (unpaired) electrons. The fourth-order valence-corrected chi connectivity index (χ4v) is 4.40. The lowest BCUT2D eigenvalue weighted by Crippen LogP contribution is -2.26. The molecule has 0 bridgehead atoms. The van der Waals surface area contributed by atoms with Crippen LogP contribution in [0, 0.1) is 6.92 Å². The highest BCUT2D eigenvalue weighted by atomic mass is 16.5. The van der Waals surface area contributed by atoms with Crippen LogP contribution in [0.1, 0.15) is 37.3 Å². The third kappa shape index (κ3) is 3.85. The van der Waals surface area contributed by atoms with Gasteiger partial charge in [-0.15, -0.1) is 0 Å². The Morgan fingerprint density at radius 1 is 1.06 bits per heavy atom. The number of fused-ring (bicyclic) bond motifs is 1. The Balaban J connectivity index is 1.41. The van der Waals surface area contributed by atoms with E-state index < -0.39 is 0 Å². The standard InChI is InChI=1S/C23H27N7O/c1-15-8-19(12-25-10-15)31-18-6-4-17(5-7-18)30-21-9-22(24-2)26-13-20(21)23(28-30)16-11-27-29(3)14-16/h8-14,17-18H,4-7H2,1-3H3,(H,24,26). The van der Waals surface area contributed by atoms with Crippen LogP contribution < -0.4 is 10.1 Å². The largest absolute Gasteiger partial charge is 0.489 e. The van der Waals surface area contributed by atoms with E-state index in [-0.39, 0.29) is 6.10 Å². The molecule has 0 aromatic carbocycles. The zero-order valence-electron chi connectivity index (χ0n) is 18.1. The first-order valence-corrected chi connectivity index (χ1v) is 10.7. The van der Waals surface area contributed by atoms with E-state index >= 15 is 0 Å². The van der Waals surface area contributed by atoms with Crippen LogP contribution in [-0.2, 0) is 7.05 Å². The van der Waals surface area contributed by atoms with E-state index in [2.05, 4.69) is 31.1 Å². The van der Waals surface area contributed by atoms with Gasteiger partial charge >= 0.3 is 0 Å². The van der Waals surface area contributed by atoms with E-state index in [0.29, 0.717) is 6.04 Å². The van der Waals surface area contributed by atoms with Crippen molar-refractivity contribution < 1.29 is 4.74 Å². The van der Waals surface area contributed by atoms with Crippen molar-refractivity contribution in [2.24, 2.45) is 7.05 Å². The second-order valence-corrected chi connectivity index (χ2v) is 8.28. The summed E-state index contributed by atoms with van der Waals surface area (Å²) in [6, 6.07) is 4.46. The Labute approximate surface area is 181 Å². The summed E-state index contributed by atoms with van der Waals surface area (Å²) in [7, 11) is 3.81. The first-order chi connectivity index (χ1) is 15.1. The van der Waals surface area contributed by atoms with Crippen LogP contribution in [-0.4, -0.2) is 42.7 Å². The van der Waals surface area contributed by atoms with Crippen LogP contribution >= 0.6 is 0 Å². The van der Waals surface area contributed by atoms with Gasteiger partial charge in [0.2, 0.25) is 0 Å². The molecule has 8 heteroatoms. The zero-order valence-corrected chi connectivity index (χ0v) is 18.1. The van der Waals surface area contributed by atoms with Crippen molar-refractivity contribution >= 4 is 16.7 Å². The quantitative estimate of drug-likeness (QED) is 0.525. The number of aryl methyl sites for hydroxylation is 2. The lowest BCUT2D eigenvalue weighted by molar-refractivity contribution is 0.130. The third-order valence-corrected chi connectivity index (χ3v) is 5.97. The minimum Gasteiger partial charge on any atom is -0.489 e. The number of nitrogens with zero attached hydrogens (tertiary/aromatic N) is 6. The molecule has 1 fully saturated rings. The predicted molar refractivity (Wildman–Crippen MR) is 120 cm³/mol. The summed E-state index contributed by atoms with van der Waals surface area (Å²) < 4.78 is 10.2. The molecule has 1 aliphatic rings. The van der Waals surface area contributed by atoms with Crippen molar-refractivity contribution in [3.8, 4) is 17.0 Å². The maximum Gasteiger partial charge on any atom is 0.138 e. The van der Waals surface area contributed by atoms with Crippen molar-refractivity contribution in [2.45, 2.75) is 44.8 Å². The number of hydrogen-bond donors (Lipinski definition) is 1. The summed E-state index contributed by atoms with van der Waals surface area (Å²) in [6.45, 7) is 2.04. The molecule has 0 saturated heterocycles. The SMILES string of the molecule is CNc1cc2c(cn1)c(-c1cnn(C)c1)nn2C1CCC(Oc2cncc(C)c2)CC1. The highest BCUT2D eigenvalue weighted by molar-refractivity contribution is 5.93. The first-order valence-electron chi connectivity index (χ1n) is 10.7. The predicted octanol–water partition coefficient (Wildman–Crippen LogP) is 4.14. The summed E-state index contributed by atoms with van der Waals surface area (Å²) in [4.78, 5) is 8.76. The average Bonchev–Trinajstić information content (AvgIpc) is 3.37. The van der Waals surface area contributed by atoms with Gasteiger partial charge in [0.1, 0.15) is 17.3 Å². The van der Waals surface area contributed by atoms with Crippen LogP contribution in [0.4, 0.5) is 5.82 Å². The lowest BCUT2D eigenvalue weighted by Gasteiger charge is -2.29. The number of ether oxygens (including phenoxy) is 1. The molecule has 1 aliphatic carbocycles. The molecule has 4 heterocycles. The fourth-order valence-electron chi connectivity index (χ4n) is 4.40. The van der Waals surface area contributed by atoms with Crippen LogP contribution in [0.2, 0.25) is 0 Å². The summed E-state index contributed by atoms with van der Waals surface area (Å²) >= 11 is 0. The van der Waals surface area contributed by atoms with Crippen LogP contribution in [0.3, 0.4) is 0 Å². The van der Waals surface area contributed by atoms with Crippen molar-refractivity contribution in [1.82, 2.24) is 29.5 Å². The molecular weight excluding hydrogens is 390 g/mol. The molecule has 0 unspecified atom stereocenters. The average molecular weight is 418 g/mol. The van der Waals surface area contributed by atoms with Gasteiger partial charge in [0.05, 0.1) is 30.1 Å². The summed E-state index contributed by atoms with van der Waals surface area (Å²) in [5, 5.41) is 13.6. The minimum atomic E-state index is 0.217. The molecule has 0 amide bonds. The summed E-state index contributed by atoms with van der Waals surface area (Å²) in [5.41, 5.74) is 4.16. The molecule has 31 heavy (non-hydrogen) atoms. The normalized spacial score (nSPS) is 18.9. The number of anilines is 1. The van der Waals surface area contributed by atoms with E-state index in [1.807, 2.05) is 51.9 Å². The van der Waals surface area contributed by atoms with Gasteiger partial charge in [-0.3, -0.25) is 14.3 Å². The lowest BCUT2D eigenvalue weighted by atomic mass is 9.93. The molecule has 4 aromatic heterocycles. The molecule has 0 atom stereocenters. The molecule has 8 nitrogen and oxygen atoms in total. The van der Waals surface area contributed by atoms with Gasteiger partial charge in [-0.1, -0.05) is 0 Å². The highest BCUT2D eigenvalue weighted by Crippen LogP contribution is 2.36. The van der Waals surface area contributed by atoms with E-state index in [0.717, 1.165) is 65.0 Å². The number of pyridine rings is 2. The van der Waals surface area contributed by atoms with E-state index in [9.17, 15) is 0 Å². The topological polar surface area (TPSA) is 82.7 Å². The van der Waals surface area contributed by atoms with Gasteiger partial charge in [0.15, 0.2) is 0 Å². The monoisotopic (exact) mass is 417 g/mol. The Morgan fingerprint density at radius 3 is 2.61 bits per heavy atom. The Bertz CT molecular complexity index is 1200.